The summed E-state index contributed by atoms with van der Waals surface area (Å²) >= 11 is 0. The van der Waals surface area contributed by atoms with Gasteiger partial charge in [0.15, 0.2) is 6.20 Å². The summed E-state index contributed by atoms with van der Waals surface area (Å²) in [5.41, 5.74) is 7.04. The average molecular weight is 296 g/mol. The highest BCUT2D eigenvalue weighted by atomic mass is 14.9. The van der Waals surface area contributed by atoms with Crippen molar-refractivity contribution in [2.24, 2.45) is 18.4 Å². The quantitative estimate of drug-likeness (QED) is 0.698. The Morgan fingerprint density at radius 3 is 2.36 bits per heavy atom. The number of hydrogen-bond acceptors (Lipinski definition) is 0. The summed E-state index contributed by atoms with van der Waals surface area (Å²) in [5.74, 6) is 0.673. The Balaban J connectivity index is 2.45. The number of pyridine rings is 1. The Kier molecular flexibility index (Phi) is 4.75. The zero-order valence-electron chi connectivity index (χ0n) is 15.2. The number of rotatable bonds is 4. The van der Waals surface area contributed by atoms with E-state index in [0.717, 1.165) is 6.42 Å². The van der Waals surface area contributed by atoms with Crippen LogP contribution in [0, 0.1) is 25.2 Å². The highest BCUT2D eigenvalue weighted by molar-refractivity contribution is 5.62. The van der Waals surface area contributed by atoms with Gasteiger partial charge in [0.25, 0.3) is 0 Å². The first-order chi connectivity index (χ1) is 10.2. The third-order valence-corrected chi connectivity index (χ3v) is 5.11. The number of benzene rings is 1. The maximum atomic E-state index is 2.38. The molecule has 0 saturated carbocycles. The molecule has 2 aromatic rings. The second kappa shape index (κ2) is 6.24. The van der Waals surface area contributed by atoms with Crippen molar-refractivity contribution in [2.45, 2.75) is 48.0 Å². The predicted octanol–water partition coefficient (Wildman–Crippen LogP) is 5.02. The number of hydrogen-bond donors (Lipinski definition) is 0. The average Bonchev–Trinajstić information content (AvgIpc) is 2.43. The Morgan fingerprint density at radius 1 is 1.05 bits per heavy atom. The fraction of sp³-hybridized carbons (Fsp3) is 0.476. The van der Waals surface area contributed by atoms with Gasteiger partial charge in [-0.3, -0.25) is 0 Å². The van der Waals surface area contributed by atoms with Crippen LogP contribution in [-0.2, 0) is 13.5 Å². The SMILES string of the molecule is Cc1cc[n+](C)c(-c2cc(CC(C)(C)C(C)C)ccc2C)c1. The van der Waals surface area contributed by atoms with Crippen LogP contribution in [0.15, 0.2) is 36.5 Å². The second-order valence-electron chi connectivity index (χ2n) is 7.67. The molecule has 0 fully saturated rings. The molecule has 0 saturated heterocycles. The summed E-state index contributed by atoms with van der Waals surface area (Å²) in [6.45, 7) is 13.7. The molecule has 1 heterocycles. The molecule has 0 atom stereocenters. The molecular weight excluding hydrogens is 266 g/mol. The lowest BCUT2D eigenvalue weighted by Crippen LogP contribution is -2.30. The lowest BCUT2D eigenvalue weighted by atomic mass is 9.76. The molecule has 0 aliphatic carbocycles. The van der Waals surface area contributed by atoms with E-state index in [4.69, 9.17) is 0 Å². The van der Waals surface area contributed by atoms with E-state index in [2.05, 4.69) is 89.7 Å². The van der Waals surface area contributed by atoms with Crippen molar-refractivity contribution < 1.29 is 4.57 Å². The summed E-state index contributed by atoms with van der Waals surface area (Å²) in [5, 5.41) is 0. The molecule has 118 valence electrons. The van der Waals surface area contributed by atoms with Gasteiger partial charge in [-0.25, -0.2) is 4.57 Å². The van der Waals surface area contributed by atoms with Gasteiger partial charge in [0.05, 0.1) is 0 Å². The van der Waals surface area contributed by atoms with Crippen LogP contribution in [0.4, 0.5) is 0 Å². The molecule has 0 unspecified atom stereocenters. The number of aromatic nitrogens is 1. The van der Waals surface area contributed by atoms with E-state index in [1.54, 1.807) is 0 Å². The first-order valence-corrected chi connectivity index (χ1v) is 8.27. The summed E-state index contributed by atoms with van der Waals surface area (Å²) in [4.78, 5) is 0. The Bertz CT molecular complexity index is 666. The summed E-state index contributed by atoms with van der Waals surface area (Å²) in [6.07, 6.45) is 3.27. The molecule has 1 nitrogen and oxygen atoms in total. The molecule has 0 aliphatic rings. The minimum absolute atomic E-state index is 0.321. The smallest absolute Gasteiger partial charge is 0.201 e. The standard InChI is InChI=1S/C21H30N/c1-15(2)21(5,6)14-18-9-8-17(4)19(13-18)20-12-16(3)10-11-22(20)7/h8-13,15H,14H2,1-7H3/q+1. The Morgan fingerprint density at radius 2 is 1.73 bits per heavy atom. The van der Waals surface area contributed by atoms with Crippen molar-refractivity contribution in [2.75, 3.05) is 0 Å². The van der Waals surface area contributed by atoms with E-state index >= 15 is 0 Å². The Labute approximate surface area is 136 Å². The molecule has 1 aromatic heterocycles. The third kappa shape index (κ3) is 3.58. The highest BCUT2D eigenvalue weighted by Crippen LogP contribution is 2.32. The van der Waals surface area contributed by atoms with Gasteiger partial charge in [0, 0.05) is 17.7 Å². The van der Waals surface area contributed by atoms with Crippen molar-refractivity contribution in [1.29, 1.82) is 0 Å². The fourth-order valence-corrected chi connectivity index (χ4v) is 2.73. The van der Waals surface area contributed by atoms with Gasteiger partial charge < -0.3 is 0 Å². The van der Waals surface area contributed by atoms with Crippen LogP contribution in [0.1, 0.15) is 44.4 Å². The van der Waals surface area contributed by atoms with Gasteiger partial charge in [-0.2, -0.15) is 0 Å². The summed E-state index contributed by atoms with van der Waals surface area (Å²) in [7, 11) is 2.12. The maximum absolute atomic E-state index is 2.38. The van der Waals surface area contributed by atoms with E-state index in [9.17, 15) is 0 Å². The van der Waals surface area contributed by atoms with E-state index < -0.39 is 0 Å². The number of aryl methyl sites for hydroxylation is 3. The van der Waals surface area contributed by atoms with Gasteiger partial charge in [-0.15, -0.1) is 0 Å². The molecule has 0 radical (unpaired) electrons. The first-order valence-electron chi connectivity index (χ1n) is 8.27. The molecule has 22 heavy (non-hydrogen) atoms. The molecule has 1 aromatic carbocycles. The van der Waals surface area contributed by atoms with Gasteiger partial charge in [-0.05, 0) is 54.4 Å². The predicted molar refractivity (Wildman–Crippen MR) is 94.9 cm³/mol. The van der Waals surface area contributed by atoms with Crippen molar-refractivity contribution in [3.05, 3.63) is 53.2 Å². The Hall–Kier alpha value is -1.63. The molecule has 0 N–H and O–H groups in total. The molecule has 0 spiro atoms. The minimum Gasteiger partial charge on any atom is -0.201 e. The molecular formula is C21H30N+. The highest BCUT2D eigenvalue weighted by Gasteiger charge is 2.23. The summed E-state index contributed by atoms with van der Waals surface area (Å²) < 4.78 is 2.21. The molecule has 0 amide bonds. The zero-order valence-corrected chi connectivity index (χ0v) is 15.2. The third-order valence-electron chi connectivity index (χ3n) is 5.11. The van der Waals surface area contributed by atoms with Gasteiger partial charge in [-0.1, -0.05) is 39.8 Å². The van der Waals surface area contributed by atoms with E-state index in [0.29, 0.717) is 11.3 Å². The number of nitrogens with zero attached hydrogens (tertiary/aromatic N) is 1. The van der Waals surface area contributed by atoms with Crippen LogP contribution in [-0.4, -0.2) is 0 Å². The monoisotopic (exact) mass is 296 g/mol. The van der Waals surface area contributed by atoms with E-state index in [1.807, 2.05) is 0 Å². The van der Waals surface area contributed by atoms with Crippen LogP contribution in [0.5, 0.6) is 0 Å². The minimum atomic E-state index is 0.321. The van der Waals surface area contributed by atoms with Gasteiger partial charge in [0.2, 0.25) is 5.69 Å². The van der Waals surface area contributed by atoms with Gasteiger partial charge in [0.1, 0.15) is 7.05 Å². The van der Waals surface area contributed by atoms with Crippen LogP contribution in [0.25, 0.3) is 11.3 Å². The second-order valence-corrected chi connectivity index (χ2v) is 7.67. The summed E-state index contributed by atoms with van der Waals surface area (Å²) in [6, 6.07) is 11.4. The molecule has 1 heteroatoms. The first kappa shape index (κ1) is 16.7. The van der Waals surface area contributed by atoms with Crippen molar-refractivity contribution in [3.8, 4) is 11.3 Å². The fourth-order valence-electron chi connectivity index (χ4n) is 2.73. The van der Waals surface area contributed by atoms with Crippen LogP contribution < -0.4 is 4.57 Å². The topological polar surface area (TPSA) is 3.88 Å². The van der Waals surface area contributed by atoms with Crippen LogP contribution in [0.3, 0.4) is 0 Å². The van der Waals surface area contributed by atoms with E-state index in [-0.39, 0.29) is 0 Å². The van der Waals surface area contributed by atoms with E-state index in [1.165, 1.54) is 27.9 Å². The normalized spacial score (nSPS) is 12.0. The maximum Gasteiger partial charge on any atom is 0.212 e. The van der Waals surface area contributed by atoms with Crippen molar-refractivity contribution in [1.82, 2.24) is 0 Å². The molecule has 0 bridgehead atoms. The van der Waals surface area contributed by atoms with Crippen LogP contribution >= 0.6 is 0 Å². The van der Waals surface area contributed by atoms with Gasteiger partial charge >= 0.3 is 0 Å². The zero-order chi connectivity index (χ0) is 16.5. The molecule has 2 rings (SSSR count). The largest absolute Gasteiger partial charge is 0.212 e. The van der Waals surface area contributed by atoms with Crippen molar-refractivity contribution >= 4 is 0 Å². The van der Waals surface area contributed by atoms with Crippen LogP contribution in [0.2, 0.25) is 0 Å². The lowest BCUT2D eigenvalue weighted by molar-refractivity contribution is -0.660. The molecule has 0 aliphatic heterocycles. The van der Waals surface area contributed by atoms with Crippen molar-refractivity contribution in [3.63, 3.8) is 0 Å². The lowest BCUT2D eigenvalue weighted by Gasteiger charge is -2.29.